The summed E-state index contributed by atoms with van der Waals surface area (Å²) in [6.45, 7) is 4.05. The van der Waals surface area contributed by atoms with Gasteiger partial charge in [0.2, 0.25) is 5.95 Å². The molecule has 2 N–H and O–H groups in total. The Morgan fingerprint density at radius 1 is 1.33 bits per heavy atom. The van der Waals surface area contributed by atoms with Crippen LogP contribution >= 0.6 is 0 Å². The standard InChI is InChI=1S/C14H15F3N6O/c1-3-24-8(2)22-7-9(6-19-22)10-4-5-11-20-13(18)21-23(11)12(10)14(15,16)17/h4-8H,3H2,1-2H3,(H2,18,21). The Bertz CT molecular complexity index is 869. The van der Waals surface area contributed by atoms with Crippen LogP contribution in [0.25, 0.3) is 16.8 Å². The summed E-state index contributed by atoms with van der Waals surface area (Å²) in [7, 11) is 0. The monoisotopic (exact) mass is 340 g/mol. The summed E-state index contributed by atoms with van der Waals surface area (Å²) in [6.07, 6.45) is -2.17. The average molecular weight is 340 g/mol. The molecular formula is C14H15F3N6O. The Labute approximate surface area is 134 Å². The predicted molar refractivity (Wildman–Crippen MR) is 80.0 cm³/mol. The van der Waals surface area contributed by atoms with Crippen LogP contribution in [0.3, 0.4) is 0 Å². The van der Waals surface area contributed by atoms with E-state index in [9.17, 15) is 13.2 Å². The van der Waals surface area contributed by atoms with Crippen molar-refractivity contribution >= 4 is 11.6 Å². The number of nitrogen functional groups attached to an aromatic ring is 1. The van der Waals surface area contributed by atoms with Crippen LogP contribution in [0, 0.1) is 0 Å². The van der Waals surface area contributed by atoms with E-state index in [0.717, 1.165) is 0 Å². The van der Waals surface area contributed by atoms with Crippen LogP contribution < -0.4 is 5.73 Å². The number of anilines is 1. The minimum absolute atomic E-state index is 0.0265. The molecule has 0 saturated carbocycles. The lowest BCUT2D eigenvalue weighted by Crippen LogP contribution is -2.14. The molecule has 0 aliphatic heterocycles. The first-order valence-electron chi connectivity index (χ1n) is 7.20. The third-order valence-electron chi connectivity index (χ3n) is 3.48. The van der Waals surface area contributed by atoms with Gasteiger partial charge in [0.05, 0.1) is 6.20 Å². The van der Waals surface area contributed by atoms with Crippen LogP contribution in [0.5, 0.6) is 0 Å². The molecule has 0 spiro atoms. The van der Waals surface area contributed by atoms with Crippen molar-refractivity contribution in [3.8, 4) is 11.1 Å². The minimum Gasteiger partial charge on any atom is -0.366 e. The number of hydrogen-bond acceptors (Lipinski definition) is 5. The number of nitrogens with zero attached hydrogens (tertiary/aromatic N) is 5. The van der Waals surface area contributed by atoms with Crippen LogP contribution in [0.2, 0.25) is 0 Å². The lowest BCUT2D eigenvalue weighted by Gasteiger charge is -2.13. The van der Waals surface area contributed by atoms with Gasteiger partial charge in [-0.25, -0.2) is 9.20 Å². The van der Waals surface area contributed by atoms with Gasteiger partial charge in [-0.05, 0) is 26.0 Å². The van der Waals surface area contributed by atoms with Gasteiger partial charge in [-0.15, -0.1) is 5.10 Å². The first-order chi connectivity index (χ1) is 11.3. The zero-order valence-corrected chi connectivity index (χ0v) is 12.9. The molecule has 0 aliphatic rings. The van der Waals surface area contributed by atoms with E-state index in [0.29, 0.717) is 16.7 Å². The maximum Gasteiger partial charge on any atom is 0.434 e. The van der Waals surface area contributed by atoms with Crippen LogP contribution in [0.1, 0.15) is 25.8 Å². The number of alkyl halides is 3. The molecule has 3 aromatic heterocycles. The zero-order valence-electron chi connectivity index (χ0n) is 12.9. The fourth-order valence-electron chi connectivity index (χ4n) is 2.46. The fraction of sp³-hybridized carbons (Fsp3) is 0.357. The lowest BCUT2D eigenvalue weighted by atomic mass is 10.1. The van der Waals surface area contributed by atoms with Crippen LogP contribution in [-0.4, -0.2) is 31.0 Å². The molecule has 7 nitrogen and oxygen atoms in total. The van der Waals surface area contributed by atoms with E-state index < -0.39 is 11.9 Å². The summed E-state index contributed by atoms with van der Waals surface area (Å²) in [5, 5.41) is 7.72. The molecule has 0 saturated heterocycles. The summed E-state index contributed by atoms with van der Waals surface area (Å²) in [5.41, 5.74) is 4.74. The van der Waals surface area contributed by atoms with Crippen molar-refractivity contribution in [3.63, 3.8) is 0 Å². The second kappa shape index (κ2) is 5.78. The van der Waals surface area contributed by atoms with Gasteiger partial charge in [0.25, 0.3) is 0 Å². The number of rotatable bonds is 4. The Morgan fingerprint density at radius 3 is 2.75 bits per heavy atom. The highest BCUT2D eigenvalue weighted by Gasteiger charge is 2.38. The highest BCUT2D eigenvalue weighted by atomic mass is 19.4. The maximum atomic E-state index is 13.6. The molecule has 0 amide bonds. The van der Waals surface area contributed by atoms with Gasteiger partial charge in [-0.1, -0.05) is 0 Å². The highest BCUT2D eigenvalue weighted by molar-refractivity contribution is 5.68. The summed E-state index contributed by atoms with van der Waals surface area (Å²) in [5.74, 6) is -0.224. The average Bonchev–Trinajstić information content (AvgIpc) is 3.10. The Morgan fingerprint density at radius 2 is 2.08 bits per heavy atom. The van der Waals surface area contributed by atoms with Gasteiger partial charge in [0, 0.05) is 23.9 Å². The molecule has 1 atom stereocenters. The van der Waals surface area contributed by atoms with E-state index in [1.165, 1.54) is 29.2 Å². The Kier molecular flexibility index (Phi) is 3.91. The van der Waals surface area contributed by atoms with Crippen molar-refractivity contribution in [2.75, 3.05) is 12.3 Å². The van der Waals surface area contributed by atoms with E-state index in [-0.39, 0.29) is 23.4 Å². The van der Waals surface area contributed by atoms with Crippen LogP contribution in [0.4, 0.5) is 19.1 Å². The lowest BCUT2D eigenvalue weighted by molar-refractivity contribution is -0.142. The smallest absolute Gasteiger partial charge is 0.366 e. The SMILES string of the molecule is CCOC(C)n1cc(-c2ccc3nc(N)nn3c2C(F)(F)F)cn1. The topological polar surface area (TPSA) is 83.3 Å². The molecule has 0 aromatic carbocycles. The molecule has 10 heteroatoms. The number of hydrogen-bond donors (Lipinski definition) is 1. The fourth-order valence-corrected chi connectivity index (χ4v) is 2.46. The van der Waals surface area contributed by atoms with Crippen LogP contribution in [0.15, 0.2) is 24.5 Å². The summed E-state index contributed by atoms with van der Waals surface area (Å²) in [6, 6.07) is 2.76. The third-order valence-corrected chi connectivity index (χ3v) is 3.48. The molecule has 24 heavy (non-hydrogen) atoms. The number of nitrogens with two attached hydrogens (primary N) is 1. The molecular weight excluding hydrogens is 325 g/mol. The van der Waals surface area contributed by atoms with Crippen molar-refractivity contribution < 1.29 is 17.9 Å². The second-order valence-electron chi connectivity index (χ2n) is 5.10. The van der Waals surface area contributed by atoms with Gasteiger partial charge in [-0.2, -0.15) is 23.3 Å². The number of aromatic nitrogens is 5. The molecule has 3 aromatic rings. The van der Waals surface area contributed by atoms with E-state index in [1.54, 1.807) is 6.92 Å². The molecule has 0 bridgehead atoms. The molecule has 128 valence electrons. The van der Waals surface area contributed by atoms with Gasteiger partial charge < -0.3 is 10.5 Å². The van der Waals surface area contributed by atoms with Gasteiger partial charge in [0.1, 0.15) is 6.23 Å². The summed E-state index contributed by atoms with van der Waals surface area (Å²) in [4.78, 5) is 3.77. The molecule has 0 fully saturated rings. The maximum absolute atomic E-state index is 13.6. The first-order valence-corrected chi connectivity index (χ1v) is 7.20. The van der Waals surface area contributed by atoms with E-state index in [2.05, 4.69) is 15.2 Å². The number of fused-ring (bicyclic) bond motifs is 1. The zero-order chi connectivity index (χ0) is 17.5. The molecule has 1 unspecified atom stereocenters. The van der Waals surface area contributed by atoms with Gasteiger partial charge in [0.15, 0.2) is 11.3 Å². The number of ether oxygens (including phenoxy) is 1. The van der Waals surface area contributed by atoms with Crippen LogP contribution in [-0.2, 0) is 10.9 Å². The van der Waals surface area contributed by atoms with E-state index >= 15 is 0 Å². The van der Waals surface area contributed by atoms with Crippen molar-refractivity contribution in [1.29, 1.82) is 0 Å². The Hall–Kier alpha value is -2.62. The van der Waals surface area contributed by atoms with E-state index in [4.69, 9.17) is 10.5 Å². The van der Waals surface area contributed by atoms with Crippen molar-refractivity contribution in [1.82, 2.24) is 24.4 Å². The highest BCUT2D eigenvalue weighted by Crippen LogP contribution is 2.37. The largest absolute Gasteiger partial charge is 0.434 e. The molecule has 3 heterocycles. The van der Waals surface area contributed by atoms with Gasteiger partial charge in [-0.3, -0.25) is 0 Å². The first kappa shape index (κ1) is 16.2. The van der Waals surface area contributed by atoms with Crippen molar-refractivity contribution in [2.45, 2.75) is 26.3 Å². The summed E-state index contributed by atoms with van der Waals surface area (Å²) >= 11 is 0. The quantitative estimate of drug-likeness (QED) is 0.789. The van der Waals surface area contributed by atoms with Crippen molar-refractivity contribution in [2.24, 2.45) is 0 Å². The number of halogens is 3. The summed E-state index contributed by atoms with van der Waals surface area (Å²) < 4.78 is 48.3. The minimum atomic E-state index is -4.64. The molecule has 3 rings (SSSR count). The van der Waals surface area contributed by atoms with Gasteiger partial charge >= 0.3 is 6.18 Å². The third kappa shape index (κ3) is 2.80. The van der Waals surface area contributed by atoms with E-state index in [1.807, 2.05) is 6.92 Å². The predicted octanol–water partition coefficient (Wildman–Crippen LogP) is 2.75. The second-order valence-corrected chi connectivity index (χ2v) is 5.10. The number of pyridine rings is 1. The molecule has 0 aliphatic carbocycles. The molecule has 0 radical (unpaired) electrons. The van der Waals surface area contributed by atoms with Crippen molar-refractivity contribution in [3.05, 3.63) is 30.2 Å². The normalized spacial score (nSPS) is 13.5. The Balaban J connectivity index is 2.16.